The highest BCUT2D eigenvalue weighted by atomic mass is 31.2. The van der Waals surface area contributed by atoms with Crippen molar-refractivity contribution < 1.29 is 33.1 Å². The van der Waals surface area contributed by atoms with Gasteiger partial charge in [0.05, 0.1) is 19.8 Å². The summed E-state index contributed by atoms with van der Waals surface area (Å²) < 4.78 is 25.9. The Hall–Kier alpha value is -1.54. The number of allylic oxidation sites excluding steroid dienone is 8. The maximum Gasteiger partial charge on any atom is 0.472 e. The van der Waals surface area contributed by atoms with Crippen molar-refractivity contribution in [2.75, 3.05) is 26.4 Å². The largest absolute Gasteiger partial charge is 0.472 e. The molecular weight excluding hydrogens is 457 g/mol. The van der Waals surface area contributed by atoms with Crippen molar-refractivity contribution in [3.63, 3.8) is 0 Å². The topological polar surface area (TPSA) is 128 Å². The number of nitrogens with two attached hydrogens (primary N) is 1. The molecule has 1 unspecified atom stereocenters. The van der Waals surface area contributed by atoms with E-state index in [1.165, 1.54) is 25.7 Å². The standard InChI is InChI=1S/C25H44NO7P/c1-2-3-4-5-6-7-8-9-10-11-12-13-14-15-16-17-18-19-25(28)33-24(22-27)23-32-34(29,30)31-21-20-26/h6-7,9-10,12-13,15-16,24,27H,2-5,8,11,14,17-23,26H2,1H3,(H,29,30)/b7-6-,10-9-,13-12-,16-15+/t24-/m1/s1. The molecule has 0 saturated heterocycles. The molecule has 0 amide bonds. The van der Waals surface area contributed by atoms with Gasteiger partial charge in [0.25, 0.3) is 0 Å². The lowest BCUT2D eigenvalue weighted by Gasteiger charge is -2.17. The normalized spacial score (nSPS) is 15.1. The zero-order valence-corrected chi connectivity index (χ0v) is 21.5. The van der Waals surface area contributed by atoms with Crippen LogP contribution in [0.2, 0.25) is 0 Å². The molecule has 0 bridgehead atoms. The molecule has 0 heterocycles. The Labute approximate surface area is 205 Å². The first-order valence-electron chi connectivity index (χ1n) is 12.2. The van der Waals surface area contributed by atoms with Gasteiger partial charge < -0.3 is 20.5 Å². The number of hydrogen-bond acceptors (Lipinski definition) is 7. The molecule has 0 spiro atoms. The second-order valence-electron chi connectivity index (χ2n) is 7.66. The number of phosphoric acid groups is 1. The lowest BCUT2D eigenvalue weighted by Crippen LogP contribution is -2.27. The Morgan fingerprint density at radius 3 is 2.00 bits per heavy atom. The molecule has 0 radical (unpaired) electrons. The van der Waals surface area contributed by atoms with Crippen LogP contribution in [0.15, 0.2) is 48.6 Å². The Bertz CT molecular complexity index is 662. The van der Waals surface area contributed by atoms with Gasteiger partial charge in [-0.1, -0.05) is 68.4 Å². The quantitative estimate of drug-likeness (QED) is 0.0806. The van der Waals surface area contributed by atoms with Gasteiger partial charge in [0.15, 0.2) is 0 Å². The number of phosphoric ester groups is 1. The summed E-state index contributed by atoms with van der Waals surface area (Å²) in [7, 11) is -4.28. The lowest BCUT2D eigenvalue weighted by atomic mass is 10.2. The van der Waals surface area contributed by atoms with Crippen LogP contribution in [0.5, 0.6) is 0 Å². The van der Waals surface area contributed by atoms with Crippen molar-refractivity contribution in [3.8, 4) is 0 Å². The van der Waals surface area contributed by atoms with E-state index in [1.54, 1.807) is 0 Å². The van der Waals surface area contributed by atoms with Crippen LogP contribution in [0.4, 0.5) is 0 Å². The molecule has 8 nitrogen and oxygen atoms in total. The van der Waals surface area contributed by atoms with Gasteiger partial charge in [0.1, 0.15) is 6.10 Å². The van der Waals surface area contributed by atoms with Gasteiger partial charge in [-0.2, -0.15) is 0 Å². The molecular formula is C25H44NO7P. The zero-order valence-electron chi connectivity index (χ0n) is 20.6. The van der Waals surface area contributed by atoms with Crippen LogP contribution >= 0.6 is 7.82 Å². The van der Waals surface area contributed by atoms with E-state index in [2.05, 4.69) is 54.0 Å². The summed E-state index contributed by atoms with van der Waals surface area (Å²) in [5.41, 5.74) is 5.19. The molecule has 2 atom stereocenters. The van der Waals surface area contributed by atoms with Crippen LogP contribution in [-0.2, 0) is 23.1 Å². The third kappa shape index (κ3) is 22.3. The minimum atomic E-state index is -4.28. The van der Waals surface area contributed by atoms with Crippen LogP contribution < -0.4 is 5.73 Å². The van der Waals surface area contributed by atoms with Gasteiger partial charge in [-0.3, -0.25) is 13.8 Å². The van der Waals surface area contributed by atoms with Crippen molar-refractivity contribution in [2.24, 2.45) is 5.73 Å². The molecule has 0 rings (SSSR count). The predicted molar refractivity (Wildman–Crippen MR) is 136 cm³/mol. The molecule has 196 valence electrons. The number of ether oxygens (including phenoxy) is 1. The second-order valence-corrected chi connectivity index (χ2v) is 9.11. The summed E-state index contributed by atoms with van der Waals surface area (Å²) in [4.78, 5) is 21.3. The van der Waals surface area contributed by atoms with E-state index in [1.807, 2.05) is 6.08 Å². The van der Waals surface area contributed by atoms with E-state index in [0.29, 0.717) is 6.42 Å². The molecule has 0 aromatic heterocycles. The van der Waals surface area contributed by atoms with Gasteiger partial charge in [-0.25, -0.2) is 4.57 Å². The first kappa shape index (κ1) is 32.5. The Morgan fingerprint density at radius 1 is 0.912 bits per heavy atom. The molecule has 0 aromatic rings. The van der Waals surface area contributed by atoms with Gasteiger partial charge in [-0.15, -0.1) is 0 Å². The van der Waals surface area contributed by atoms with Crippen LogP contribution in [0.3, 0.4) is 0 Å². The molecule has 0 aliphatic heterocycles. The van der Waals surface area contributed by atoms with Crippen LogP contribution in [0, 0.1) is 0 Å². The number of carbonyl (C=O) groups excluding carboxylic acids is 1. The number of unbranched alkanes of at least 4 members (excludes halogenated alkanes) is 4. The maximum absolute atomic E-state index is 11.9. The Balaban J connectivity index is 3.82. The highest BCUT2D eigenvalue weighted by Crippen LogP contribution is 2.42. The first-order valence-corrected chi connectivity index (χ1v) is 13.7. The van der Waals surface area contributed by atoms with Crippen molar-refractivity contribution in [1.29, 1.82) is 0 Å². The monoisotopic (exact) mass is 501 g/mol. The SMILES string of the molecule is CCCCC/C=C\C/C=C\C/C=C\C/C=C/CCCC(=O)O[C@H](CO)COP(=O)(O)OCCN. The Morgan fingerprint density at radius 2 is 1.47 bits per heavy atom. The molecule has 0 aromatic carbocycles. The third-order valence-electron chi connectivity index (χ3n) is 4.51. The van der Waals surface area contributed by atoms with E-state index in [9.17, 15) is 19.4 Å². The van der Waals surface area contributed by atoms with Crippen LogP contribution in [0.1, 0.15) is 71.1 Å². The van der Waals surface area contributed by atoms with Crippen molar-refractivity contribution in [2.45, 2.75) is 77.2 Å². The first-order chi connectivity index (χ1) is 16.4. The second kappa shape index (κ2) is 23.2. The zero-order chi connectivity index (χ0) is 25.3. The summed E-state index contributed by atoms with van der Waals surface area (Å²) in [6.45, 7) is 1.16. The number of carbonyl (C=O) groups is 1. The highest BCUT2D eigenvalue weighted by Gasteiger charge is 2.24. The lowest BCUT2D eigenvalue weighted by molar-refractivity contribution is -0.153. The number of rotatable bonds is 22. The van der Waals surface area contributed by atoms with Crippen molar-refractivity contribution in [1.82, 2.24) is 0 Å². The smallest absolute Gasteiger partial charge is 0.457 e. The third-order valence-corrected chi connectivity index (χ3v) is 5.49. The number of hydrogen-bond donors (Lipinski definition) is 3. The molecule has 0 aliphatic rings. The molecule has 0 saturated carbocycles. The van der Waals surface area contributed by atoms with Crippen molar-refractivity contribution in [3.05, 3.63) is 48.6 Å². The predicted octanol–water partition coefficient (Wildman–Crippen LogP) is 5.13. The highest BCUT2D eigenvalue weighted by molar-refractivity contribution is 7.47. The van der Waals surface area contributed by atoms with E-state index in [4.69, 9.17) is 15.0 Å². The maximum atomic E-state index is 11.9. The van der Waals surface area contributed by atoms with Crippen LogP contribution in [-0.4, -0.2) is 48.4 Å². The summed E-state index contributed by atoms with van der Waals surface area (Å²) in [6, 6.07) is 0. The fraction of sp³-hybridized carbons (Fsp3) is 0.640. The van der Waals surface area contributed by atoms with E-state index in [0.717, 1.165) is 25.7 Å². The summed E-state index contributed by atoms with van der Waals surface area (Å²) in [6.07, 6.45) is 25.4. The average Bonchev–Trinajstić information content (AvgIpc) is 2.82. The molecule has 0 aliphatic carbocycles. The van der Waals surface area contributed by atoms with Crippen LogP contribution in [0.25, 0.3) is 0 Å². The van der Waals surface area contributed by atoms with E-state index in [-0.39, 0.29) is 19.6 Å². The van der Waals surface area contributed by atoms with Gasteiger partial charge in [-0.05, 0) is 44.9 Å². The minimum absolute atomic E-state index is 0.0613. The van der Waals surface area contributed by atoms with Gasteiger partial charge in [0, 0.05) is 13.0 Å². The summed E-state index contributed by atoms with van der Waals surface area (Å²) in [5.74, 6) is -0.505. The fourth-order valence-corrected chi connectivity index (χ4v) is 3.44. The van der Waals surface area contributed by atoms with Gasteiger partial charge in [0.2, 0.25) is 0 Å². The average molecular weight is 502 g/mol. The van der Waals surface area contributed by atoms with E-state index >= 15 is 0 Å². The van der Waals surface area contributed by atoms with E-state index < -0.39 is 33.1 Å². The molecule has 34 heavy (non-hydrogen) atoms. The minimum Gasteiger partial charge on any atom is -0.457 e. The number of esters is 1. The summed E-state index contributed by atoms with van der Waals surface area (Å²) >= 11 is 0. The van der Waals surface area contributed by atoms with Crippen molar-refractivity contribution >= 4 is 13.8 Å². The number of aliphatic hydroxyl groups excluding tert-OH is 1. The molecule has 4 N–H and O–H groups in total. The Kier molecular flexibility index (Phi) is 22.2. The summed E-state index contributed by atoms with van der Waals surface area (Å²) in [5, 5.41) is 9.25. The fourth-order valence-electron chi connectivity index (χ4n) is 2.68. The molecule has 0 fully saturated rings. The molecule has 9 heteroatoms. The number of aliphatic hydroxyl groups is 1. The van der Waals surface area contributed by atoms with Gasteiger partial charge >= 0.3 is 13.8 Å².